The molecule has 0 heterocycles. The number of carbonyl (C=O) groups excluding carboxylic acids is 1. The summed E-state index contributed by atoms with van der Waals surface area (Å²) in [7, 11) is 0. The predicted octanol–water partition coefficient (Wildman–Crippen LogP) is 1.91. The van der Waals surface area contributed by atoms with Crippen molar-refractivity contribution in [2.45, 2.75) is 19.3 Å². The molecule has 0 aliphatic heterocycles. The van der Waals surface area contributed by atoms with E-state index in [0.29, 0.717) is 11.1 Å². The number of Topliss-reactive ketones (excluding diaryl/α,β-unsaturated/α-hetero) is 1. The number of carboxylic acid groups (broad SMARTS) is 1. The van der Waals surface area contributed by atoms with E-state index in [1.54, 1.807) is 24.3 Å². The summed E-state index contributed by atoms with van der Waals surface area (Å²) >= 11 is 0. The number of rotatable bonds is 4. The van der Waals surface area contributed by atoms with Crippen molar-refractivity contribution in [1.82, 2.24) is 0 Å². The summed E-state index contributed by atoms with van der Waals surface area (Å²) < 4.78 is 0. The molecular formula is C12H12O3. The van der Waals surface area contributed by atoms with E-state index in [0.717, 1.165) is 12.8 Å². The third-order valence-electron chi connectivity index (χ3n) is 2.57. The van der Waals surface area contributed by atoms with E-state index in [4.69, 9.17) is 5.11 Å². The lowest BCUT2D eigenvalue weighted by Crippen LogP contribution is -2.09. The Kier molecular flexibility index (Phi) is 2.54. The van der Waals surface area contributed by atoms with Gasteiger partial charge in [-0.1, -0.05) is 24.3 Å². The quantitative estimate of drug-likeness (QED) is 0.762. The Morgan fingerprint density at radius 2 is 1.93 bits per heavy atom. The Morgan fingerprint density at radius 1 is 1.27 bits per heavy atom. The summed E-state index contributed by atoms with van der Waals surface area (Å²) in [4.78, 5) is 22.4. The number of aliphatic carboxylic acids is 1. The van der Waals surface area contributed by atoms with Gasteiger partial charge < -0.3 is 5.11 Å². The third-order valence-corrected chi connectivity index (χ3v) is 2.57. The molecule has 0 unspecified atom stereocenters. The SMILES string of the molecule is O=C(O)Cc1ccccc1C(=O)C1CC1. The summed E-state index contributed by atoms with van der Waals surface area (Å²) in [5, 5.41) is 8.72. The van der Waals surface area contributed by atoms with E-state index < -0.39 is 5.97 Å². The van der Waals surface area contributed by atoms with E-state index in [9.17, 15) is 9.59 Å². The van der Waals surface area contributed by atoms with Gasteiger partial charge in [-0.25, -0.2) is 0 Å². The fraction of sp³-hybridized carbons (Fsp3) is 0.333. The second-order valence-corrected chi connectivity index (χ2v) is 3.87. The highest BCUT2D eigenvalue weighted by Crippen LogP contribution is 2.33. The van der Waals surface area contributed by atoms with Crippen molar-refractivity contribution < 1.29 is 14.7 Å². The van der Waals surface area contributed by atoms with Gasteiger partial charge in [-0.05, 0) is 18.4 Å². The number of benzene rings is 1. The highest BCUT2D eigenvalue weighted by atomic mass is 16.4. The number of carbonyl (C=O) groups is 2. The molecule has 1 saturated carbocycles. The molecular weight excluding hydrogens is 192 g/mol. The van der Waals surface area contributed by atoms with Crippen LogP contribution in [0.4, 0.5) is 0 Å². The molecule has 1 aliphatic carbocycles. The maximum absolute atomic E-state index is 11.8. The minimum absolute atomic E-state index is 0.0748. The predicted molar refractivity (Wildman–Crippen MR) is 54.8 cm³/mol. The average molecular weight is 204 g/mol. The van der Waals surface area contributed by atoms with Crippen LogP contribution in [0.5, 0.6) is 0 Å². The first kappa shape index (κ1) is 9.90. The van der Waals surface area contributed by atoms with Gasteiger partial charge in [0.05, 0.1) is 6.42 Å². The van der Waals surface area contributed by atoms with Crippen molar-refractivity contribution in [3.05, 3.63) is 35.4 Å². The number of carboxylic acids is 1. The van der Waals surface area contributed by atoms with E-state index >= 15 is 0 Å². The molecule has 1 fully saturated rings. The smallest absolute Gasteiger partial charge is 0.307 e. The molecule has 3 heteroatoms. The maximum Gasteiger partial charge on any atom is 0.307 e. The van der Waals surface area contributed by atoms with Crippen LogP contribution in [0.15, 0.2) is 24.3 Å². The van der Waals surface area contributed by atoms with E-state index in [1.807, 2.05) is 0 Å². The normalized spacial score (nSPS) is 14.9. The molecule has 0 saturated heterocycles. The average Bonchev–Trinajstić information content (AvgIpc) is 3.00. The standard InChI is InChI=1S/C12H12O3/c13-11(14)7-9-3-1-2-4-10(9)12(15)8-5-6-8/h1-4,8H,5-7H2,(H,13,14). The molecule has 1 aromatic carbocycles. The van der Waals surface area contributed by atoms with Crippen molar-refractivity contribution in [3.8, 4) is 0 Å². The molecule has 0 atom stereocenters. The summed E-state index contributed by atoms with van der Waals surface area (Å²) in [6.07, 6.45) is 1.81. The topological polar surface area (TPSA) is 54.4 Å². The van der Waals surface area contributed by atoms with Gasteiger partial charge in [-0.15, -0.1) is 0 Å². The van der Waals surface area contributed by atoms with Crippen molar-refractivity contribution >= 4 is 11.8 Å². The Labute approximate surface area is 87.7 Å². The second-order valence-electron chi connectivity index (χ2n) is 3.87. The van der Waals surface area contributed by atoms with Gasteiger partial charge in [-0.2, -0.15) is 0 Å². The molecule has 0 radical (unpaired) electrons. The van der Waals surface area contributed by atoms with Gasteiger partial charge in [0.15, 0.2) is 5.78 Å². The first-order valence-corrected chi connectivity index (χ1v) is 5.02. The molecule has 0 amide bonds. The lowest BCUT2D eigenvalue weighted by atomic mass is 9.99. The van der Waals surface area contributed by atoms with Crippen LogP contribution in [0.25, 0.3) is 0 Å². The zero-order valence-electron chi connectivity index (χ0n) is 8.27. The first-order valence-electron chi connectivity index (χ1n) is 5.02. The monoisotopic (exact) mass is 204 g/mol. The van der Waals surface area contributed by atoms with Crippen LogP contribution in [-0.2, 0) is 11.2 Å². The van der Waals surface area contributed by atoms with Gasteiger partial charge in [0.25, 0.3) is 0 Å². The highest BCUT2D eigenvalue weighted by molar-refractivity contribution is 6.01. The van der Waals surface area contributed by atoms with Crippen LogP contribution < -0.4 is 0 Å². The number of ketones is 1. The van der Waals surface area contributed by atoms with Crippen LogP contribution in [0.2, 0.25) is 0 Å². The van der Waals surface area contributed by atoms with Crippen LogP contribution in [-0.4, -0.2) is 16.9 Å². The first-order chi connectivity index (χ1) is 7.18. The Balaban J connectivity index is 2.28. The largest absolute Gasteiger partial charge is 0.481 e. The summed E-state index contributed by atoms with van der Waals surface area (Å²) in [6.45, 7) is 0. The fourth-order valence-corrected chi connectivity index (χ4v) is 1.64. The lowest BCUT2D eigenvalue weighted by molar-refractivity contribution is -0.136. The minimum atomic E-state index is -0.897. The zero-order chi connectivity index (χ0) is 10.8. The Bertz CT molecular complexity index is 405. The number of hydrogen-bond acceptors (Lipinski definition) is 2. The summed E-state index contributed by atoms with van der Waals surface area (Å²) in [6, 6.07) is 6.98. The van der Waals surface area contributed by atoms with Crippen LogP contribution >= 0.6 is 0 Å². The van der Waals surface area contributed by atoms with Crippen molar-refractivity contribution in [3.63, 3.8) is 0 Å². The summed E-state index contributed by atoms with van der Waals surface area (Å²) in [5.74, 6) is -0.655. The molecule has 15 heavy (non-hydrogen) atoms. The maximum atomic E-state index is 11.8. The molecule has 2 rings (SSSR count). The molecule has 0 aromatic heterocycles. The van der Waals surface area contributed by atoms with Crippen LogP contribution in [0.3, 0.4) is 0 Å². The number of hydrogen-bond donors (Lipinski definition) is 1. The van der Waals surface area contributed by atoms with Crippen LogP contribution in [0.1, 0.15) is 28.8 Å². The van der Waals surface area contributed by atoms with Gasteiger partial charge in [0.2, 0.25) is 0 Å². The lowest BCUT2D eigenvalue weighted by Gasteiger charge is -2.05. The second kappa shape index (κ2) is 3.85. The molecule has 0 bridgehead atoms. The highest BCUT2D eigenvalue weighted by Gasteiger charge is 2.31. The molecule has 0 spiro atoms. The molecule has 3 nitrogen and oxygen atoms in total. The van der Waals surface area contributed by atoms with Gasteiger partial charge in [-0.3, -0.25) is 9.59 Å². The van der Waals surface area contributed by atoms with Gasteiger partial charge in [0.1, 0.15) is 0 Å². The Morgan fingerprint density at radius 3 is 2.53 bits per heavy atom. The molecule has 1 aliphatic rings. The minimum Gasteiger partial charge on any atom is -0.481 e. The Hall–Kier alpha value is -1.64. The fourth-order valence-electron chi connectivity index (χ4n) is 1.64. The van der Waals surface area contributed by atoms with Gasteiger partial charge in [0, 0.05) is 11.5 Å². The van der Waals surface area contributed by atoms with Crippen molar-refractivity contribution in [2.24, 2.45) is 5.92 Å². The van der Waals surface area contributed by atoms with Crippen molar-refractivity contribution in [2.75, 3.05) is 0 Å². The zero-order valence-corrected chi connectivity index (χ0v) is 8.27. The van der Waals surface area contributed by atoms with E-state index in [1.165, 1.54) is 0 Å². The van der Waals surface area contributed by atoms with E-state index in [-0.39, 0.29) is 18.1 Å². The summed E-state index contributed by atoms with van der Waals surface area (Å²) in [5.41, 5.74) is 1.21. The molecule has 1 N–H and O–H groups in total. The van der Waals surface area contributed by atoms with E-state index in [2.05, 4.69) is 0 Å². The third kappa shape index (κ3) is 2.24. The van der Waals surface area contributed by atoms with Gasteiger partial charge >= 0.3 is 5.97 Å². The molecule has 78 valence electrons. The van der Waals surface area contributed by atoms with Crippen LogP contribution in [0, 0.1) is 5.92 Å². The molecule has 1 aromatic rings. The van der Waals surface area contributed by atoms with Crippen molar-refractivity contribution in [1.29, 1.82) is 0 Å².